The summed E-state index contributed by atoms with van der Waals surface area (Å²) >= 11 is 0. The molecule has 1 aromatic rings. The van der Waals surface area contributed by atoms with Crippen LogP contribution in [0, 0.1) is 5.92 Å². The van der Waals surface area contributed by atoms with Crippen molar-refractivity contribution in [1.82, 2.24) is 9.88 Å². The molecule has 0 bridgehead atoms. The lowest BCUT2D eigenvalue weighted by Gasteiger charge is -2.39. The minimum Gasteiger partial charge on any atom is -0.478 e. The van der Waals surface area contributed by atoms with E-state index in [2.05, 4.69) is 14.8 Å². The molecule has 2 heterocycles. The second-order valence-corrected chi connectivity index (χ2v) is 6.03. The fourth-order valence-electron chi connectivity index (χ4n) is 3.02. The van der Waals surface area contributed by atoms with Crippen molar-refractivity contribution in [2.75, 3.05) is 43.4 Å². The number of carbonyl (C=O) groups is 1. The van der Waals surface area contributed by atoms with Gasteiger partial charge in [-0.25, -0.2) is 9.78 Å². The number of rotatable bonds is 4. The monoisotopic (exact) mass is 290 g/mol. The Morgan fingerprint density at radius 3 is 2.57 bits per heavy atom. The van der Waals surface area contributed by atoms with Gasteiger partial charge in [0.05, 0.1) is 5.56 Å². The summed E-state index contributed by atoms with van der Waals surface area (Å²) in [5, 5.41) is 9.10. The fourth-order valence-corrected chi connectivity index (χ4v) is 3.02. The largest absolute Gasteiger partial charge is 0.478 e. The SMILES string of the molecule is Nc1cc(C(=O)O)cc(N2CCN(CC3CCC3)CC2)n1. The summed E-state index contributed by atoms with van der Waals surface area (Å²) in [5.41, 5.74) is 5.91. The van der Waals surface area contributed by atoms with Gasteiger partial charge in [-0.3, -0.25) is 4.90 Å². The normalized spacial score (nSPS) is 20.3. The van der Waals surface area contributed by atoms with Crippen LogP contribution in [0.25, 0.3) is 0 Å². The van der Waals surface area contributed by atoms with Crippen molar-refractivity contribution < 1.29 is 9.90 Å². The van der Waals surface area contributed by atoms with Crippen molar-refractivity contribution >= 4 is 17.6 Å². The van der Waals surface area contributed by atoms with Crippen LogP contribution in [-0.2, 0) is 0 Å². The molecule has 0 atom stereocenters. The van der Waals surface area contributed by atoms with E-state index in [0.717, 1.165) is 32.1 Å². The van der Waals surface area contributed by atoms with Crippen LogP contribution in [-0.4, -0.2) is 53.7 Å². The van der Waals surface area contributed by atoms with Crippen molar-refractivity contribution in [2.24, 2.45) is 5.92 Å². The molecule has 1 aromatic heterocycles. The minimum atomic E-state index is -0.964. The summed E-state index contributed by atoms with van der Waals surface area (Å²) in [6, 6.07) is 3.01. The van der Waals surface area contributed by atoms with E-state index in [0.29, 0.717) is 5.82 Å². The highest BCUT2D eigenvalue weighted by atomic mass is 16.4. The van der Waals surface area contributed by atoms with Crippen LogP contribution in [0.5, 0.6) is 0 Å². The number of hydrogen-bond donors (Lipinski definition) is 2. The Hall–Kier alpha value is -1.82. The molecule has 1 saturated carbocycles. The van der Waals surface area contributed by atoms with Crippen molar-refractivity contribution in [1.29, 1.82) is 0 Å². The van der Waals surface area contributed by atoms with Gasteiger partial charge >= 0.3 is 5.97 Å². The Labute approximate surface area is 124 Å². The second-order valence-electron chi connectivity index (χ2n) is 6.03. The third kappa shape index (κ3) is 3.26. The van der Waals surface area contributed by atoms with Crippen molar-refractivity contribution in [3.05, 3.63) is 17.7 Å². The first-order chi connectivity index (χ1) is 10.1. The van der Waals surface area contributed by atoms with E-state index in [1.807, 2.05) is 0 Å². The topological polar surface area (TPSA) is 82.7 Å². The van der Waals surface area contributed by atoms with Gasteiger partial charge in [-0.1, -0.05) is 6.42 Å². The summed E-state index contributed by atoms with van der Waals surface area (Å²) < 4.78 is 0. The maximum Gasteiger partial charge on any atom is 0.335 e. The first-order valence-corrected chi connectivity index (χ1v) is 7.60. The quantitative estimate of drug-likeness (QED) is 0.869. The number of nitrogens with two attached hydrogens (primary N) is 1. The number of piperazine rings is 1. The molecule has 21 heavy (non-hydrogen) atoms. The van der Waals surface area contributed by atoms with E-state index >= 15 is 0 Å². The Kier molecular flexibility index (Phi) is 3.96. The van der Waals surface area contributed by atoms with Gasteiger partial charge in [0, 0.05) is 32.7 Å². The molecule has 0 radical (unpaired) electrons. The first-order valence-electron chi connectivity index (χ1n) is 7.60. The summed E-state index contributed by atoms with van der Waals surface area (Å²) in [4.78, 5) is 20.0. The minimum absolute atomic E-state index is 0.203. The van der Waals surface area contributed by atoms with Gasteiger partial charge < -0.3 is 15.7 Å². The molecule has 0 unspecified atom stereocenters. The number of hydrogen-bond acceptors (Lipinski definition) is 5. The highest BCUT2D eigenvalue weighted by molar-refractivity contribution is 5.89. The molecule has 0 aromatic carbocycles. The number of nitrogens with zero attached hydrogens (tertiary/aromatic N) is 3. The molecule has 6 nitrogen and oxygen atoms in total. The zero-order chi connectivity index (χ0) is 14.8. The lowest BCUT2D eigenvalue weighted by molar-refractivity contribution is 0.0697. The molecule has 2 aliphatic rings. The zero-order valence-electron chi connectivity index (χ0n) is 12.2. The van der Waals surface area contributed by atoms with Crippen molar-refractivity contribution in [2.45, 2.75) is 19.3 Å². The van der Waals surface area contributed by atoms with E-state index in [1.165, 1.54) is 31.9 Å². The Morgan fingerprint density at radius 2 is 2.00 bits per heavy atom. The molecule has 3 rings (SSSR count). The van der Waals surface area contributed by atoms with Crippen LogP contribution in [0.3, 0.4) is 0 Å². The molecular weight excluding hydrogens is 268 g/mol. The second kappa shape index (κ2) is 5.89. The average Bonchev–Trinajstić information content (AvgIpc) is 2.43. The highest BCUT2D eigenvalue weighted by Crippen LogP contribution is 2.27. The van der Waals surface area contributed by atoms with Crippen LogP contribution in [0.2, 0.25) is 0 Å². The van der Waals surface area contributed by atoms with Crippen LogP contribution < -0.4 is 10.6 Å². The van der Waals surface area contributed by atoms with Crippen LogP contribution in [0.1, 0.15) is 29.6 Å². The highest BCUT2D eigenvalue weighted by Gasteiger charge is 2.24. The molecule has 1 aliphatic heterocycles. The molecule has 0 amide bonds. The van der Waals surface area contributed by atoms with E-state index in [4.69, 9.17) is 10.8 Å². The standard InChI is InChI=1S/C15H22N4O2/c16-13-8-12(15(20)21)9-14(17-13)19-6-4-18(5-7-19)10-11-2-1-3-11/h8-9,11H,1-7,10H2,(H2,16,17)(H,20,21). The summed E-state index contributed by atoms with van der Waals surface area (Å²) in [5.74, 6) is 0.868. The van der Waals surface area contributed by atoms with Crippen LogP contribution >= 0.6 is 0 Å². The predicted molar refractivity (Wildman–Crippen MR) is 81.6 cm³/mol. The Balaban J connectivity index is 1.62. The maximum atomic E-state index is 11.1. The lowest BCUT2D eigenvalue weighted by Crippen LogP contribution is -2.48. The van der Waals surface area contributed by atoms with Gasteiger partial charge in [0.1, 0.15) is 11.6 Å². The van der Waals surface area contributed by atoms with Gasteiger partial charge in [0.25, 0.3) is 0 Å². The van der Waals surface area contributed by atoms with E-state index in [-0.39, 0.29) is 11.4 Å². The smallest absolute Gasteiger partial charge is 0.335 e. The van der Waals surface area contributed by atoms with Gasteiger partial charge in [-0.15, -0.1) is 0 Å². The number of carboxylic acids is 1. The van der Waals surface area contributed by atoms with Gasteiger partial charge in [-0.05, 0) is 30.9 Å². The number of pyridine rings is 1. The molecule has 1 saturated heterocycles. The number of anilines is 2. The first kappa shape index (κ1) is 14.1. The van der Waals surface area contributed by atoms with E-state index < -0.39 is 5.97 Å². The third-order valence-corrected chi connectivity index (χ3v) is 4.52. The molecule has 1 aliphatic carbocycles. The molecule has 2 fully saturated rings. The molecular formula is C15H22N4O2. The number of carboxylic acid groups (broad SMARTS) is 1. The van der Waals surface area contributed by atoms with Crippen molar-refractivity contribution in [3.8, 4) is 0 Å². The lowest BCUT2D eigenvalue weighted by atomic mass is 9.85. The molecule has 3 N–H and O–H groups in total. The van der Waals surface area contributed by atoms with Gasteiger partial charge in [-0.2, -0.15) is 0 Å². The Morgan fingerprint density at radius 1 is 1.29 bits per heavy atom. The number of aromatic nitrogens is 1. The van der Waals surface area contributed by atoms with Gasteiger partial charge in [0.15, 0.2) is 0 Å². The third-order valence-electron chi connectivity index (χ3n) is 4.52. The number of nitrogen functional groups attached to an aromatic ring is 1. The average molecular weight is 290 g/mol. The van der Waals surface area contributed by atoms with Gasteiger partial charge in [0.2, 0.25) is 0 Å². The summed E-state index contributed by atoms with van der Waals surface area (Å²) in [6.07, 6.45) is 4.13. The molecule has 6 heteroatoms. The zero-order valence-corrected chi connectivity index (χ0v) is 12.2. The maximum absolute atomic E-state index is 11.1. The van der Waals surface area contributed by atoms with Crippen LogP contribution in [0.4, 0.5) is 11.6 Å². The van der Waals surface area contributed by atoms with E-state index in [9.17, 15) is 4.79 Å². The molecule has 114 valence electrons. The molecule has 0 spiro atoms. The summed E-state index contributed by atoms with van der Waals surface area (Å²) in [6.45, 7) is 4.98. The number of aromatic carboxylic acids is 1. The van der Waals surface area contributed by atoms with Crippen LogP contribution in [0.15, 0.2) is 12.1 Å². The Bertz CT molecular complexity index is 522. The fraction of sp³-hybridized carbons (Fsp3) is 0.600. The summed E-state index contributed by atoms with van der Waals surface area (Å²) in [7, 11) is 0. The van der Waals surface area contributed by atoms with E-state index in [1.54, 1.807) is 6.07 Å². The predicted octanol–water partition coefficient (Wildman–Crippen LogP) is 1.28. The van der Waals surface area contributed by atoms with Crippen molar-refractivity contribution in [3.63, 3.8) is 0 Å².